The maximum absolute atomic E-state index is 13.5. The molecule has 0 fully saturated rings. The van der Waals surface area contributed by atoms with Gasteiger partial charge in [0.25, 0.3) is 0 Å². The molecule has 0 aliphatic rings. The van der Waals surface area contributed by atoms with E-state index in [1.54, 1.807) is 0 Å². The zero-order chi connectivity index (χ0) is 14.7. The topological polar surface area (TPSA) is 26.3 Å². The zero-order valence-electron chi connectivity index (χ0n) is 10.00. The molecule has 0 aromatic heterocycles. The van der Waals surface area contributed by atoms with Crippen LogP contribution in [0.5, 0.6) is 5.75 Å². The van der Waals surface area contributed by atoms with Crippen molar-refractivity contribution in [2.24, 2.45) is 0 Å². The number of rotatable bonds is 4. The molecule has 0 saturated carbocycles. The molecule has 6 heteroatoms. The molecule has 2 rings (SSSR count). The summed E-state index contributed by atoms with van der Waals surface area (Å²) in [6.45, 7) is -0.414. The third kappa shape index (κ3) is 3.14. The van der Waals surface area contributed by atoms with E-state index in [2.05, 4.69) is 0 Å². The lowest BCUT2D eigenvalue weighted by Crippen LogP contribution is -2.02. The first-order valence-corrected chi connectivity index (χ1v) is 5.51. The first-order valence-electron chi connectivity index (χ1n) is 5.51. The Morgan fingerprint density at radius 1 is 0.900 bits per heavy atom. The molecule has 0 N–H and O–H groups in total. The smallest absolute Gasteiger partial charge is 0.191 e. The van der Waals surface area contributed by atoms with Crippen LogP contribution in [0.25, 0.3) is 0 Å². The van der Waals surface area contributed by atoms with Gasteiger partial charge in [-0.3, -0.25) is 4.79 Å². The van der Waals surface area contributed by atoms with Crippen molar-refractivity contribution in [1.82, 2.24) is 0 Å². The summed E-state index contributed by atoms with van der Waals surface area (Å²) in [4.78, 5) is 10.4. The van der Waals surface area contributed by atoms with Crippen LogP contribution >= 0.6 is 0 Å². The molecular formula is C14H8F4O2. The van der Waals surface area contributed by atoms with Crippen LogP contribution in [0.1, 0.15) is 15.9 Å². The molecule has 0 saturated heterocycles. The average Bonchev–Trinajstić information content (AvgIpc) is 2.36. The van der Waals surface area contributed by atoms with E-state index in [0.29, 0.717) is 6.07 Å². The molecule has 0 spiro atoms. The highest BCUT2D eigenvalue weighted by Crippen LogP contribution is 2.24. The fraction of sp³-hybridized carbons (Fsp3) is 0.0714. The van der Waals surface area contributed by atoms with Crippen molar-refractivity contribution in [2.45, 2.75) is 6.61 Å². The normalized spacial score (nSPS) is 10.4. The standard InChI is InChI=1S/C14H8F4O2/c15-10-1-9(2-11(16)5-10)7-20-14-12(17)3-8(6-19)4-13(14)18/h1-6H,7H2. The predicted octanol–water partition coefficient (Wildman–Crippen LogP) is 3.63. The number of hydrogen-bond acceptors (Lipinski definition) is 2. The molecule has 104 valence electrons. The summed E-state index contributed by atoms with van der Waals surface area (Å²) in [6.07, 6.45) is 0.290. The number of hydrogen-bond donors (Lipinski definition) is 0. The molecule has 2 nitrogen and oxygen atoms in total. The Bertz CT molecular complexity index is 612. The van der Waals surface area contributed by atoms with Gasteiger partial charge in [0.1, 0.15) is 24.5 Å². The van der Waals surface area contributed by atoms with E-state index in [1.807, 2.05) is 0 Å². The minimum absolute atomic E-state index is 0.0840. The van der Waals surface area contributed by atoms with Gasteiger partial charge in [0.05, 0.1) is 0 Å². The van der Waals surface area contributed by atoms with Crippen LogP contribution in [-0.2, 0) is 6.61 Å². The van der Waals surface area contributed by atoms with Crippen LogP contribution in [0.3, 0.4) is 0 Å². The maximum Gasteiger partial charge on any atom is 0.191 e. The molecule has 0 atom stereocenters. The highest BCUT2D eigenvalue weighted by molar-refractivity contribution is 5.75. The summed E-state index contributed by atoms with van der Waals surface area (Å²) in [7, 11) is 0. The van der Waals surface area contributed by atoms with Gasteiger partial charge < -0.3 is 4.74 Å². The van der Waals surface area contributed by atoms with E-state index < -0.39 is 35.6 Å². The summed E-state index contributed by atoms with van der Waals surface area (Å²) in [5.74, 6) is -4.48. The van der Waals surface area contributed by atoms with E-state index in [-0.39, 0.29) is 17.4 Å². The Hall–Kier alpha value is -2.37. The highest BCUT2D eigenvalue weighted by atomic mass is 19.1. The van der Waals surface area contributed by atoms with Crippen LogP contribution in [0.4, 0.5) is 17.6 Å². The fourth-order valence-electron chi connectivity index (χ4n) is 1.64. The van der Waals surface area contributed by atoms with Crippen molar-refractivity contribution in [3.63, 3.8) is 0 Å². The van der Waals surface area contributed by atoms with Crippen molar-refractivity contribution < 1.29 is 27.1 Å². The maximum atomic E-state index is 13.5. The number of benzene rings is 2. The molecular weight excluding hydrogens is 276 g/mol. The molecule has 0 radical (unpaired) electrons. The lowest BCUT2D eigenvalue weighted by molar-refractivity contribution is 0.112. The third-order valence-electron chi connectivity index (χ3n) is 2.46. The van der Waals surface area contributed by atoms with Crippen molar-refractivity contribution in [2.75, 3.05) is 0 Å². The summed E-state index contributed by atoms with van der Waals surface area (Å²) >= 11 is 0. The first kappa shape index (κ1) is 14.0. The van der Waals surface area contributed by atoms with E-state index in [0.717, 1.165) is 24.3 Å². The first-order chi connectivity index (χ1) is 9.49. The Labute approximate surface area is 111 Å². The lowest BCUT2D eigenvalue weighted by atomic mass is 10.2. The van der Waals surface area contributed by atoms with Crippen molar-refractivity contribution in [3.05, 3.63) is 64.7 Å². The third-order valence-corrected chi connectivity index (χ3v) is 2.46. The van der Waals surface area contributed by atoms with Gasteiger partial charge in [-0.1, -0.05) is 0 Å². The van der Waals surface area contributed by atoms with Crippen LogP contribution in [-0.4, -0.2) is 6.29 Å². The van der Waals surface area contributed by atoms with Gasteiger partial charge in [0, 0.05) is 11.6 Å². The molecule has 0 bridgehead atoms. The highest BCUT2D eigenvalue weighted by Gasteiger charge is 2.13. The summed E-state index contributed by atoms with van der Waals surface area (Å²) in [6, 6.07) is 4.25. The molecule has 2 aromatic carbocycles. The number of ether oxygens (including phenoxy) is 1. The zero-order valence-corrected chi connectivity index (χ0v) is 10.00. The lowest BCUT2D eigenvalue weighted by Gasteiger charge is -2.09. The van der Waals surface area contributed by atoms with Gasteiger partial charge >= 0.3 is 0 Å². The molecule has 0 unspecified atom stereocenters. The van der Waals surface area contributed by atoms with Crippen LogP contribution in [0.2, 0.25) is 0 Å². The predicted molar refractivity (Wildman–Crippen MR) is 62.4 cm³/mol. The van der Waals surface area contributed by atoms with Crippen LogP contribution in [0, 0.1) is 23.3 Å². The Kier molecular flexibility index (Phi) is 4.02. The van der Waals surface area contributed by atoms with E-state index in [4.69, 9.17) is 4.74 Å². The van der Waals surface area contributed by atoms with E-state index in [9.17, 15) is 22.4 Å². The molecule has 0 aliphatic carbocycles. The number of halogens is 4. The molecule has 0 amide bonds. The van der Waals surface area contributed by atoms with E-state index >= 15 is 0 Å². The van der Waals surface area contributed by atoms with Gasteiger partial charge in [0.2, 0.25) is 0 Å². The second-order valence-electron chi connectivity index (χ2n) is 4.00. The molecule has 2 aromatic rings. The van der Waals surface area contributed by atoms with Crippen molar-refractivity contribution in [1.29, 1.82) is 0 Å². The quantitative estimate of drug-likeness (QED) is 0.633. The van der Waals surface area contributed by atoms with Gasteiger partial charge in [-0.15, -0.1) is 0 Å². The molecule has 0 aliphatic heterocycles. The minimum Gasteiger partial charge on any atom is -0.483 e. The second kappa shape index (κ2) is 5.73. The van der Waals surface area contributed by atoms with Gasteiger partial charge in [-0.25, -0.2) is 17.6 Å². The molecule has 20 heavy (non-hydrogen) atoms. The summed E-state index contributed by atoms with van der Waals surface area (Å²) in [5.41, 5.74) is -0.0927. The molecule has 0 heterocycles. The second-order valence-corrected chi connectivity index (χ2v) is 4.00. The summed E-state index contributed by atoms with van der Waals surface area (Å²) < 4.78 is 57.7. The number of carbonyl (C=O) groups excluding carboxylic acids is 1. The SMILES string of the molecule is O=Cc1cc(F)c(OCc2cc(F)cc(F)c2)c(F)c1. The minimum atomic E-state index is -1.07. The Balaban J connectivity index is 2.20. The van der Waals surface area contributed by atoms with E-state index in [1.165, 1.54) is 0 Å². The number of carbonyl (C=O) groups is 1. The Morgan fingerprint density at radius 2 is 1.45 bits per heavy atom. The Morgan fingerprint density at radius 3 is 1.95 bits per heavy atom. The fourth-order valence-corrected chi connectivity index (χ4v) is 1.64. The summed E-state index contributed by atoms with van der Waals surface area (Å²) in [5, 5.41) is 0. The van der Waals surface area contributed by atoms with Crippen molar-refractivity contribution in [3.8, 4) is 5.75 Å². The number of aldehydes is 1. The van der Waals surface area contributed by atoms with Crippen molar-refractivity contribution >= 4 is 6.29 Å². The van der Waals surface area contributed by atoms with Gasteiger partial charge in [0.15, 0.2) is 17.4 Å². The van der Waals surface area contributed by atoms with Crippen LogP contribution < -0.4 is 4.74 Å². The average molecular weight is 284 g/mol. The largest absolute Gasteiger partial charge is 0.483 e. The van der Waals surface area contributed by atoms with Crippen LogP contribution in [0.15, 0.2) is 30.3 Å². The van der Waals surface area contributed by atoms with Gasteiger partial charge in [-0.05, 0) is 29.8 Å². The van der Waals surface area contributed by atoms with Gasteiger partial charge in [-0.2, -0.15) is 0 Å². The monoisotopic (exact) mass is 284 g/mol.